The number of nitrogens with one attached hydrogen (secondary N) is 2. The van der Waals surface area contributed by atoms with Crippen molar-refractivity contribution in [2.45, 2.75) is 57.9 Å². The van der Waals surface area contributed by atoms with Gasteiger partial charge < -0.3 is 29.3 Å². The highest BCUT2D eigenvalue weighted by Crippen LogP contribution is 2.42. The van der Waals surface area contributed by atoms with Crippen LogP contribution in [0, 0.1) is 11.3 Å². The van der Waals surface area contributed by atoms with Crippen molar-refractivity contribution in [3.63, 3.8) is 0 Å². The van der Waals surface area contributed by atoms with Crippen LogP contribution < -0.4 is 24.8 Å². The molecule has 2 aromatic carbocycles. The Morgan fingerprint density at radius 1 is 1.02 bits per heavy atom. The van der Waals surface area contributed by atoms with E-state index in [9.17, 15) is 4.79 Å². The Bertz CT molecular complexity index is 1330. The first-order valence-electron chi connectivity index (χ1n) is 15.9. The van der Waals surface area contributed by atoms with E-state index in [2.05, 4.69) is 37.4 Å². The van der Waals surface area contributed by atoms with Gasteiger partial charge in [0.2, 0.25) is 0 Å². The van der Waals surface area contributed by atoms with Gasteiger partial charge in [0.1, 0.15) is 12.3 Å². The minimum absolute atomic E-state index is 0.0706. The molecule has 2 amide bonds. The number of urea groups is 1. The second-order valence-electron chi connectivity index (χ2n) is 11.6. The fraction of sp³-hybridized carbons (Fsp3) is 0.515. The maximum Gasteiger partial charge on any atom is 0.327 e. The number of ether oxygens (including phenoxy) is 3. The molecule has 242 valence electrons. The van der Waals surface area contributed by atoms with Gasteiger partial charge in [-0.05, 0) is 74.7 Å². The summed E-state index contributed by atoms with van der Waals surface area (Å²) in [4.78, 5) is 20.1. The third-order valence-corrected chi connectivity index (χ3v) is 8.87. The number of hydrogen-bond donors (Lipinski definition) is 2. The molecule has 3 aromatic rings. The molecule has 12 nitrogen and oxygen atoms in total. The van der Waals surface area contributed by atoms with Crippen LogP contribution in [0.5, 0.6) is 5.75 Å². The van der Waals surface area contributed by atoms with E-state index in [1.807, 2.05) is 50.2 Å². The quantitative estimate of drug-likeness (QED) is 0.246. The average molecular weight is 619 g/mol. The molecule has 2 aliphatic heterocycles. The Kier molecular flexibility index (Phi) is 10.9. The molecule has 0 bridgehead atoms. The van der Waals surface area contributed by atoms with Crippen LogP contribution in [-0.4, -0.2) is 85.7 Å². The number of carbonyl (C=O) groups is 1. The maximum absolute atomic E-state index is 12.4. The summed E-state index contributed by atoms with van der Waals surface area (Å²) in [5.41, 5.74) is 3.02. The normalized spacial score (nSPS) is 18.3. The van der Waals surface area contributed by atoms with Crippen LogP contribution in [0.15, 0.2) is 60.9 Å². The summed E-state index contributed by atoms with van der Waals surface area (Å²) in [6, 6.07) is 15.8. The maximum atomic E-state index is 12.4. The summed E-state index contributed by atoms with van der Waals surface area (Å²) < 4.78 is 16.8. The van der Waals surface area contributed by atoms with Crippen LogP contribution >= 0.6 is 0 Å². The third-order valence-electron chi connectivity index (χ3n) is 8.87. The fourth-order valence-corrected chi connectivity index (χ4v) is 5.77. The minimum Gasteiger partial charge on any atom is -0.497 e. The predicted octanol–water partition coefficient (Wildman–Crippen LogP) is 4.76. The van der Waals surface area contributed by atoms with Gasteiger partial charge in [-0.3, -0.25) is 10.3 Å². The van der Waals surface area contributed by atoms with Crippen LogP contribution in [-0.2, 0) is 16.0 Å². The lowest BCUT2D eigenvalue weighted by molar-refractivity contribution is -0.223. The summed E-state index contributed by atoms with van der Waals surface area (Å²) in [6.45, 7) is 9.70. The fourth-order valence-electron chi connectivity index (χ4n) is 5.77. The monoisotopic (exact) mass is 618 g/mol. The van der Waals surface area contributed by atoms with E-state index in [-0.39, 0.29) is 12.1 Å². The molecular formula is C33H46N8O4. The van der Waals surface area contributed by atoms with Crippen molar-refractivity contribution < 1.29 is 19.0 Å². The van der Waals surface area contributed by atoms with Gasteiger partial charge >= 0.3 is 6.03 Å². The average Bonchev–Trinajstić information content (AvgIpc) is 3.74. The van der Waals surface area contributed by atoms with Crippen molar-refractivity contribution in [1.29, 1.82) is 5.41 Å². The molecule has 2 N–H and O–H groups in total. The van der Waals surface area contributed by atoms with Crippen molar-refractivity contribution >= 4 is 29.4 Å². The van der Waals surface area contributed by atoms with Crippen molar-refractivity contribution in [2.24, 2.45) is 5.92 Å². The molecule has 1 aromatic heterocycles. The van der Waals surface area contributed by atoms with Crippen LogP contribution in [0.4, 0.5) is 21.9 Å². The molecule has 3 fully saturated rings. The molecule has 1 saturated carbocycles. The van der Waals surface area contributed by atoms with Crippen molar-refractivity contribution in [3.8, 4) is 5.75 Å². The van der Waals surface area contributed by atoms with Gasteiger partial charge in [-0.15, -0.1) is 0 Å². The topological polar surface area (TPSA) is 121 Å². The van der Waals surface area contributed by atoms with E-state index in [0.29, 0.717) is 31.4 Å². The van der Waals surface area contributed by atoms with Gasteiger partial charge in [-0.2, -0.15) is 15.0 Å². The Balaban J connectivity index is 0.000000220. The number of hydrogen-bond acceptors (Lipinski definition) is 9. The molecule has 0 radical (unpaired) electrons. The second kappa shape index (κ2) is 15.2. The highest BCUT2D eigenvalue weighted by molar-refractivity contribution is 6.06. The number of methoxy groups -OCH3 is 1. The molecule has 1 unspecified atom stereocenters. The van der Waals surface area contributed by atoms with Gasteiger partial charge in [0, 0.05) is 49.5 Å². The van der Waals surface area contributed by atoms with Gasteiger partial charge in [0.05, 0.1) is 44.7 Å². The summed E-state index contributed by atoms with van der Waals surface area (Å²) in [5, 5.41) is 18.7. The van der Waals surface area contributed by atoms with Crippen LogP contribution in [0.2, 0.25) is 0 Å². The number of anilines is 3. The molecular weight excluding hydrogens is 572 g/mol. The van der Waals surface area contributed by atoms with Crippen molar-refractivity contribution in [2.75, 3.05) is 61.2 Å². The van der Waals surface area contributed by atoms with E-state index in [4.69, 9.17) is 19.6 Å². The summed E-state index contributed by atoms with van der Waals surface area (Å²) in [6.07, 6.45) is 8.94. The number of piperazine rings is 1. The molecule has 0 spiro atoms. The number of nitrogens with zero attached hydrogens (tertiary/aromatic N) is 6. The number of rotatable bonds is 10. The molecule has 1 atom stereocenters. The highest BCUT2D eigenvalue weighted by atomic mass is 16.7. The van der Waals surface area contributed by atoms with Gasteiger partial charge in [0.25, 0.3) is 0 Å². The zero-order valence-corrected chi connectivity index (χ0v) is 26.6. The third kappa shape index (κ3) is 7.93. The zero-order chi connectivity index (χ0) is 31.6. The standard InChI is InChI=1S/C23H31N5O2.C10H15N3O2/c1-4-18(2)25-23(29)28(17-24)21-7-5-19(6-8-21)26-13-15-27(16-14-26)20-9-11-22(30-3)12-10-20;1-2-9(3-1)10(14-6-7-15-10)8-13-11-4-5-12-13/h5-12,17-18,24H,4,13-16H2,1-3H3,(H,25,29);4-5,9H,1-3,6-8H2. The Morgan fingerprint density at radius 3 is 2.04 bits per heavy atom. The molecule has 6 rings (SSSR count). The van der Waals surface area contributed by atoms with Crippen molar-refractivity contribution in [3.05, 3.63) is 60.9 Å². The van der Waals surface area contributed by atoms with Gasteiger partial charge in [0.15, 0.2) is 5.79 Å². The summed E-state index contributed by atoms with van der Waals surface area (Å²) >= 11 is 0. The lowest BCUT2D eigenvalue weighted by atomic mass is 9.78. The number of carbonyl (C=O) groups excluding carboxylic acids is 1. The molecule has 2 saturated heterocycles. The Labute approximate surface area is 265 Å². The first-order chi connectivity index (χ1) is 21.9. The Hall–Kier alpha value is -4.16. The lowest BCUT2D eigenvalue weighted by Crippen LogP contribution is -2.46. The summed E-state index contributed by atoms with van der Waals surface area (Å²) in [7, 11) is 1.68. The first kappa shape index (κ1) is 32.2. The molecule has 3 heterocycles. The highest BCUT2D eigenvalue weighted by Gasteiger charge is 2.47. The second-order valence-corrected chi connectivity index (χ2v) is 11.6. The Morgan fingerprint density at radius 2 is 1.58 bits per heavy atom. The number of benzene rings is 2. The molecule has 3 aliphatic rings. The van der Waals surface area contributed by atoms with Crippen LogP contribution in [0.25, 0.3) is 0 Å². The smallest absolute Gasteiger partial charge is 0.327 e. The van der Waals surface area contributed by atoms with Crippen molar-refractivity contribution in [1.82, 2.24) is 20.3 Å². The molecule has 1 aliphatic carbocycles. The molecule has 45 heavy (non-hydrogen) atoms. The minimum atomic E-state index is -0.447. The van der Waals surface area contributed by atoms with E-state index in [1.165, 1.54) is 29.8 Å². The largest absolute Gasteiger partial charge is 0.497 e. The van der Waals surface area contributed by atoms with E-state index in [1.54, 1.807) is 24.3 Å². The van der Waals surface area contributed by atoms with Crippen LogP contribution in [0.1, 0.15) is 39.5 Å². The zero-order valence-electron chi connectivity index (χ0n) is 26.6. The van der Waals surface area contributed by atoms with Crippen LogP contribution in [0.3, 0.4) is 0 Å². The first-order valence-corrected chi connectivity index (χ1v) is 15.9. The van der Waals surface area contributed by atoms with Gasteiger partial charge in [-0.25, -0.2) is 4.79 Å². The van der Waals surface area contributed by atoms with E-state index >= 15 is 0 Å². The van der Waals surface area contributed by atoms with Gasteiger partial charge in [-0.1, -0.05) is 13.3 Å². The SMILES string of the molecule is CCC(C)NC(=O)N(C=N)c1ccc(N2CCN(c3ccc(OC)cc3)CC2)cc1.c1cnn(CC2(C3CCC3)OCCO2)n1. The van der Waals surface area contributed by atoms with E-state index < -0.39 is 5.79 Å². The molecule has 12 heteroatoms. The van der Waals surface area contributed by atoms with E-state index in [0.717, 1.165) is 50.4 Å². The summed E-state index contributed by atoms with van der Waals surface area (Å²) in [5.74, 6) is 0.942. The number of amides is 2. The predicted molar refractivity (Wildman–Crippen MR) is 175 cm³/mol. The lowest BCUT2D eigenvalue weighted by Gasteiger charge is -2.40. The number of aromatic nitrogens is 3.